The Hall–Kier alpha value is -1.26. The number of carboxylic acid groups (broad SMARTS) is 1. The predicted octanol–water partition coefficient (Wildman–Crippen LogP) is 2.83. The Labute approximate surface area is 126 Å². The van der Waals surface area contributed by atoms with Crippen molar-refractivity contribution in [1.29, 1.82) is 0 Å². The Kier molecular flexibility index (Phi) is 3.18. The molecule has 2 aliphatic carbocycles. The molecule has 0 heterocycles. The van der Waals surface area contributed by atoms with Crippen molar-refractivity contribution in [2.24, 2.45) is 5.92 Å². The zero-order valence-corrected chi connectivity index (χ0v) is 12.0. The molecule has 2 saturated carbocycles. The van der Waals surface area contributed by atoms with Crippen molar-refractivity contribution in [3.63, 3.8) is 0 Å². The zero-order valence-electron chi connectivity index (χ0n) is 10.5. The zero-order chi connectivity index (χ0) is 14.5. The fourth-order valence-electron chi connectivity index (χ4n) is 2.48. The molecule has 0 bridgehead atoms. The van der Waals surface area contributed by atoms with E-state index >= 15 is 0 Å². The molecular formula is C14H13Cl2NO3. The van der Waals surface area contributed by atoms with Crippen LogP contribution in [0.3, 0.4) is 0 Å². The second-order valence-corrected chi connectivity index (χ2v) is 6.25. The van der Waals surface area contributed by atoms with Gasteiger partial charge in [-0.05, 0) is 36.8 Å². The summed E-state index contributed by atoms with van der Waals surface area (Å²) in [5.74, 6) is -1.33. The van der Waals surface area contributed by atoms with Crippen LogP contribution >= 0.6 is 23.2 Å². The highest BCUT2D eigenvalue weighted by atomic mass is 35.5. The van der Waals surface area contributed by atoms with E-state index in [0.29, 0.717) is 29.3 Å². The summed E-state index contributed by atoms with van der Waals surface area (Å²) in [6, 6.07) is 5.36. The maximum atomic E-state index is 12.1. The number of benzene rings is 1. The van der Waals surface area contributed by atoms with Gasteiger partial charge in [0.1, 0.15) is 5.54 Å². The van der Waals surface area contributed by atoms with Crippen molar-refractivity contribution in [3.8, 4) is 0 Å². The molecule has 6 heteroatoms. The second kappa shape index (κ2) is 4.64. The molecular weight excluding hydrogens is 301 g/mol. The number of nitrogens with one attached hydrogen (secondary N) is 1. The molecule has 1 aromatic rings. The maximum Gasteiger partial charge on any atom is 0.329 e. The number of rotatable bonds is 4. The first-order valence-corrected chi connectivity index (χ1v) is 7.19. The highest BCUT2D eigenvalue weighted by molar-refractivity contribution is 6.42. The second-order valence-electron chi connectivity index (χ2n) is 5.47. The Morgan fingerprint density at radius 3 is 2.60 bits per heavy atom. The minimum Gasteiger partial charge on any atom is -0.480 e. The highest BCUT2D eigenvalue weighted by Gasteiger charge is 2.55. The molecule has 2 N–H and O–H groups in total. The molecule has 2 aliphatic rings. The van der Waals surface area contributed by atoms with Crippen LogP contribution in [0.1, 0.15) is 30.7 Å². The van der Waals surface area contributed by atoms with Gasteiger partial charge in [0.25, 0.3) is 0 Å². The lowest BCUT2D eigenvalue weighted by Crippen LogP contribution is -2.43. The van der Waals surface area contributed by atoms with E-state index in [4.69, 9.17) is 28.3 Å². The summed E-state index contributed by atoms with van der Waals surface area (Å²) in [5, 5.41) is 12.7. The molecule has 20 heavy (non-hydrogen) atoms. The van der Waals surface area contributed by atoms with Gasteiger partial charge in [0.05, 0.1) is 10.0 Å². The lowest BCUT2D eigenvalue weighted by Gasteiger charge is -2.12. The van der Waals surface area contributed by atoms with Gasteiger partial charge in [-0.2, -0.15) is 0 Å². The van der Waals surface area contributed by atoms with Crippen LogP contribution in [0.2, 0.25) is 10.0 Å². The van der Waals surface area contributed by atoms with E-state index in [1.165, 1.54) is 0 Å². The maximum absolute atomic E-state index is 12.1. The number of hydrogen-bond acceptors (Lipinski definition) is 2. The summed E-state index contributed by atoms with van der Waals surface area (Å²) in [6.45, 7) is 0. The van der Waals surface area contributed by atoms with Crippen molar-refractivity contribution in [3.05, 3.63) is 33.8 Å². The van der Waals surface area contributed by atoms with Gasteiger partial charge in [-0.25, -0.2) is 4.79 Å². The SMILES string of the molecule is O=C(NC1(C(=O)O)CC1)[C@@H]1C[C@H]1c1cccc(Cl)c1Cl. The van der Waals surface area contributed by atoms with Crippen LogP contribution in [-0.4, -0.2) is 22.5 Å². The number of carbonyl (C=O) groups is 2. The molecule has 3 rings (SSSR count). The predicted molar refractivity (Wildman–Crippen MR) is 75.1 cm³/mol. The van der Waals surface area contributed by atoms with E-state index in [0.717, 1.165) is 5.56 Å². The van der Waals surface area contributed by atoms with Gasteiger partial charge < -0.3 is 10.4 Å². The van der Waals surface area contributed by atoms with E-state index in [1.54, 1.807) is 12.1 Å². The summed E-state index contributed by atoms with van der Waals surface area (Å²) in [5.41, 5.74) is -0.165. The molecule has 2 fully saturated rings. The van der Waals surface area contributed by atoms with Gasteiger partial charge in [0.15, 0.2) is 0 Å². The van der Waals surface area contributed by atoms with Crippen LogP contribution in [0.5, 0.6) is 0 Å². The van der Waals surface area contributed by atoms with Crippen LogP contribution in [-0.2, 0) is 9.59 Å². The number of halogens is 2. The fourth-order valence-corrected chi connectivity index (χ4v) is 2.93. The molecule has 0 saturated heterocycles. The van der Waals surface area contributed by atoms with Gasteiger partial charge >= 0.3 is 5.97 Å². The first-order chi connectivity index (χ1) is 9.44. The third-order valence-electron chi connectivity index (χ3n) is 4.03. The Morgan fingerprint density at radius 2 is 2.00 bits per heavy atom. The topological polar surface area (TPSA) is 66.4 Å². The highest BCUT2D eigenvalue weighted by Crippen LogP contribution is 2.51. The van der Waals surface area contributed by atoms with Crippen molar-refractivity contribution < 1.29 is 14.7 Å². The van der Waals surface area contributed by atoms with Crippen LogP contribution in [0.25, 0.3) is 0 Å². The van der Waals surface area contributed by atoms with E-state index in [-0.39, 0.29) is 17.7 Å². The number of amides is 1. The quantitative estimate of drug-likeness (QED) is 0.898. The number of aliphatic carboxylic acids is 1. The van der Waals surface area contributed by atoms with E-state index in [9.17, 15) is 9.59 Å². The number of carboxylic acids is 1. The normalized spacial score (nSPS) is 25.9. The van der Waals surface area contributed by atoms with Gasteiger partial charge in [0.2, 0.25) is 5.91 Å². The van der Waals surface area contributed by atoms with Gasteiger partial charge in [-0.1, -0.05) is 35.3 Å². The summed E-state index contributed by atoms with van der Waals surface area (Å²) in [7, 11) is 0. The van der Waals surface area contributed by atoms with Gasteiger partial charge in [0, 0.05) is 5.92 Å². The van der Waals surface area contributed by atoms with Crippen molar-refractivity contribution in [2.75, 3.05) is 0 Å². The third-order valence-corrected chi connectivity index (χ3v) is 4.86. The van der Waals surface area contributed by atoms with E-state index < -0.39 is 11.5 Å². The Balaban J connectivity index is 1.69. The van der Waals surface area contributed by atoms with Crippen LogP contribution in [0.4, 0.5) is 0 Å². The average molecular weight is 314 g/mol. The first-order valence-electron chi connectivity index (χ1n) is 6.44. The molecule has 1 aromatic carbocycles. The Bertz CT molecular complexity index is 598. The summed E-state index contributed by atoms with van der Waals surface area (Å²) >= 11 is 12.1. The van der Waals surface area contributed by atoms with Crippen molar-refractivity contribution in [2.45, 2.75) is 30.7 Å². The van der Waals surface area contributed by atoms with Gasteiger partial charge in [-0.3, -0.25) is 4.79 Å². The Morgan fingerprint density at radius 1 is 1.30 bits per heavy atom. The summed E-state index contributed by atoms with van der Waals surface area (Å²) < 4.78 is 0. The monoisotopic (exact) mass is 313 g/mol. The molecule has 0 unspecified atom stereocenters. The van der Waals surface area contributed by atoms with E-state index in [2.05, 4.69) is 5.32 Å². The minimum absolute atomic E-state index is 0.0331. The standard InChI is InChI=1S/C14H13Cl2NO3/c15-10-3-1-2-7(11(10)16)8-6-9(8)12(18)17-14(4-5-14)13(19)20/h1-3,8-9H,4-6H2,(H,17,18)(H,19,20)/t8-,9+/m0/s1. The third kappa shape index (κ3) is 2.27. The fraction of sp³-hybridized carbons (Fsp3) is 0.429. The van der Waals surface area contributed by atoms with Crippen molar-refractivity contribution in [1.82, 2.24) is 5.32 Å². The molecule has 2 atom stereocenters. The smallest absolute Gasteiger partial charge is 0.329 e. The average Bonchev–Trinajstić information content (AvgIpc) is 3.25. The van der Waals surface area contributed by atoms with Crippen LogP contribution in [0, 0.1) is 5.92 Å². The molecule has 0 aliphatic heterocycles. The number of carbonyl (C=O) groups excluding carboxylic acids is 1. The molecule has 1 amide bonds. The molecule has 0 spiro atoms. The minimum atomic E-state index is -1.03. The lowest BCUT2D eigenvalue weighted by molar-refractivity contribution is -0.143. The molecule has 0 radical (unpaired) electrons. The van der Waals surface area contributed by atoms with Gasteiger partial charge in [-0.15, -0.1) is 0 Å². The molecule has 106 valence electrons. The van der Waals surface area contributed by atoms with E-state index in [1.807, 2.05) is 6.07 Å². The van der Waals surface area contributed by atoms with Crippen molar-refractivity contribution >= 4 is 35.1 Å². The number of hydrogen-bond donors (Lipinski definition) is 2. The lowest BCUT2D eigenvalue weighted by atomic mass is 10.1. The molecule has 4 nitrogen and oxygen atoms in total. The van der Waals surface area contributed by atoms with Crippen LogP contribution in [0.15, 0.2) is 18.2 Å². The largest absolute Gasteiger partial charge is 0.480 e. The van der Waals surface area contributed by atoms with Crippen LogP contribution < -0.4 is 5.32 Å². The molecule has 0 aromatic heterocycles. The summed E-state index contributed by atoms with van der Waals surface area (Å²) in [6.07, 6.45) is 1.69. The summed E-state index contributed by atoms with van der Waals surface area (Å²) in [4.78, 5) is 23.2. The first kappa shape index (κ1) is 13.7.